The zero-order valence-electron chi connectivity index (χ0n) is 5.05. The molecule has 0 aliphatic heterocycles. The molecule has 0 radical (unpaired) electrons. The van der Waals surface area contributed by atoms with Gasteiger partial charge in [0.15, 0.2) is 0 Å². The van der Waals surface area contributed by atoms with Crippen molar-refractivity contribution in [1.29, 1.82) is 0 Å². The minimum absolute atomic E-state index is 0. The summed E-state index contributed by atoms with van der Waals surface area (Å²) in [6, 6.07) is 0. The van der Waals surface area contributed by atoms with E-state index >= 15 is 0 Å². The summed E-state index contributed by atoms with van der Waals surface area (Å²) in [6.07, 6.45) is 4.51. The largest absolute Gasteiger partial charge is 3.00 e. The van der Waals surface area contributed by atoms with Gasteiger partial charge in [0.05, 0.1) is 0 Å². The van der Waals surface area contributed by atoms with E-state index in [1.54, 1.807) is 6.33 Å². The van der Waals surface area contributed by atoms with Gasteiger partial charge in [0.25, 0.3) is 0 Å². The van der Waals surface area contributed by atoms with E-state index in [9.17, 15) is 0 Å². The second kappa shape index (κ2) is 3.36. The van der Waals surface area contributed by atoms with Crippen molar-refractivity contribution in [3.05, 3.63) is 18.2 Å². The minimum Gasteiger partial charge on any atom is -0.442 e. The van der Waals surface area contributed by atoms with Crippen molar-refractivity contribution in [1.82, 2.24) is 9.55 Å². The van der Waals surface area contributed by atoms with Crippen molar-refractivity contribution in [2.45, 2.75) is 6.92 Å². The molecule has 0 aliphatic carbocycles. The molecule has 0 N–H and O–H groups in total. The summed E-state index contributed by atoms with van der Waals surface area (Å²) in [4.78, 5) is 3.76. The molecule has 1 heterocycles. The Morgan fingerprint density at radius 2 is 2.38 bits per heavy atom. The van der Waals surface area contributed by atoms with Gasteiger partial charge in [-0.3, -0.25) is 0 Å². The van der Waals surface area contributed by atoms with Crippen molar-refractivity contribution in [3.8, 4) is 0 Å². The van der Waals surface area contributed by atoms with Gasteiger partial charge >= 0.3 is 32.7 Å². The van der Waals surface area contributed by atoms with Gasteiger partial charge < -0.3 is 9.55 Å². The van der Waals surface area contributed by atoms with Crippen LogP contribution in [0.15, 0.2) is 6.33 Å². The molecule has 8 heavy (non-hydrogen) atoms. The molecule has 0 aliphatic rings. The number of aryl methyl sites for hydroxylation is 2. The molecule has 0 amide bonds. The van der Waals surface area contributed by atoms with Crippen LogP contribution in [-0.2, 0) is 39.8 Å². The first kappa shape index (κ1) is 8.31. The molecule has 0 bridgehead atoms. The van der Waals surface area contributed by atoms with Crippen LogP contribution >= 0.6 is 0 Å². The molecular weight excluding hydrogens is 177 g/mol. The number of hydrogen-bond acceptors (Lipinski definition) is 1. The third kappa shape index (κ3) is 1.68. The monoisotopic (exact) mass is 184 g/mol. The summed E-state index contributed by atoms with van der Waals surface area (Å²) in [5.41, 5.74) is 1.07. The fourth-order valence-electron chi connectivity index (χ4n) is 0.374. The van der Waals surface area contributed by atoms with E-state index in [-0.39, 0.29) is 32.7 Å². The second-order valence-electron chi connectivity index (χ2n) is 1.55. The molecule has 0 unspecified atom stereocenters. The van der Waals surface area contributed by atoms with Gasteiger partial charge in [-0.25, -0.2) is 0 Å². The minimum atomic E-state index is 0. The molecule has 0 fully saturated rings. The summed E-state index contributed by atoms with van der Waals surface area (Å²) in [5, 5.41) is 0. The van der Waals surface area contributed by atoms with E-state index in [4.69, 9.17) is 0 Å². The summed E-state index contributed by atoms with van der Waals surface area (Å²) < 4.78 is 1.92. The average Bonchev–Trinajstić information content (AvgIpc) is 1.91. The Labute approximate surface area is 74.2 Å². The van der Waals surface area contributed by atoms with Crippen LogP contribution in [0.4, 0.5) is 0 Å². The maximum absolute atomic E-state index is 3.76. The van der Waals surface area contributed by atoms with E-state index in [1.165, 1.54) is 0 Å². The quantitative estimate of drug-likeness (QED) is 0.537. The molecule has 0 spiro atoms. The van der Waals surface area contributed by atoms with Crippen LogP contribution in [-0.4, -0.2) is 9.55 Å². The molecule has 38 valence electrons. The van der Waals surface area contributed by atoms with E-state index in [0.717, 1.165) is 5.69 Å². The smallest absolute Gasteiger partial charge is 0.442 e. The maximum Gasteiger partial charge on any atom is 3.00 e. The number of hydrogen-bond donors (Lipinski definition) is 0. The Hall–Kier alpha value is 0.314. The summed E-state index contributed by atoms with van der Waals surface area (Å²) in [5.74, 6) is 0. The van der Waals surface area contributed by atoms with Gasteiger partial charge in [0, 0.05) is 0 Å². The van der Waals surface area contributed by atoms with Crippen LogP contribution < -0.4 is 0 Å². The van der Waals surface area contributed by atoms with Crippen molar-refractivity contribution in [3.63, 3.8) is 0 Å². The molecule has 1 aromatic heterocycles. The molecule has 0 aromatic carbocycles. The van der Waals surface area contributed by atoms with Crippen LogP contribution in [0.25, 0.3) is 0 Å². The molecule has 2 nitrogen and oxygen atoms in total. The Kier molecular flexibility index (Phi) is 3.49. The molecule has 0 saturated heterocycles. The Balaban J connectivity index is 0.000000490. The van der Waals surface area contributed by atoms with Crippen molar-refractivity contribution in [2.24, 2.45) is 7.05 Å². The van der Waals surface area contributed by atoms with Crippen molar-refractivity contribution >= 4 is 0 Å². The fourth-order valence-corrected chi connectivity index (χ4v) is 0.374. The van der Waals surface area contributed by atoms with E-state index in [0.29, 0.717) is 0 Å². The Morgan fingerprint density at radius 1 is 1.75 bits per heavy atom. The summed E-state index contributed by atoms with van der Waals surface area (Å²) >= 11 is 0. The summed E-state index contributed by atoms with van der Waals surface area (Å²) in [7, 11) is 1.94. The Morgan fingerprint density at radius 3 is 2.50 bits per heavy atom. The molecule has 1 aromatic rings. The van der Waals surface area contributed by atoms with Crippen LogP contribution in [0.5, 0.6) is 0 Å². The first-order valence-corrected chi connectivity index (χ1v) is 2.16. The van der Waals surface area contributed by atoms with E-state index in [1.807, 2.05) is 18.5 Å². The molecule has 1 rings (SSSR count). The zero-order chi connectivity index (χ0) is 5.28. The number of nitrogens with zero attached hydrogens (tertiary/aromatic N) is 2. The molecular formula is C5H7N2Y+2. The average molecular weight is 184 g/mol. The van der Waals surface area contributed by atoms with Crippen LogP contribution in [0.2, 0.25) is 0 Å². The van der Waals surface area contributed by atoms with Crippen LogP contribution in [0.1, 0.15) is 5.69 Å². The van der Waals surface area contributed by atoms with Crippen LogP contribution in [0.3, 0.4) is 0 Å². The normalized spacial score (nSPS) is 8.25. The van der Waals surface area contributed by atoms with Crippen molar-refractivity contribution < 1.29 is 32.7 Å². The predicted octanol–water partition coefficient (Wildman–Crippen LogP) is 0.526. The van der Waals surface area contributed by atoms with Gasteiger partial charge in [-0.05, 0) is 14.0 Å². The molecule has 0 saturated carbocycles. The number of rotatable bonds is 0. The van der Waals surface area contributed by atoms with E-state index < -0.39 is 0 Å². The van der Waals surface area contributed by atoms with Gasteiger partial charge in [-0.2, -0.15) is 0 Å². The molecule has 3 heteroatoms. The van der Waals surface area contributed by atoms with Gasteiger partial charge in [0.1, 0.15) is 0 Å². The second-order valence-corrected chi connectivity index (χ2v) is 1.55. The van der Waals surface area contributed by atoms with Gasteiger partial charge in [-0.1, -0.05) is 12.0 Å². The molecule has 0 atom stereocenters. The SMILES string of the molecule is Cc1[c-]ncn1C.[Y+3]. The number of aromatic nitrogens is 2. The van der Waals surface area contributed by atoms with Crippen molar-refractivity contribution in [2.75, 3.05) is 0 Å². The third-order valence-corrected chi connectivity index (χ3v) is 0.986. The maximum atomic E-state index is 3.76. The predicted molar refractivity (Wildman–Crippen MR) is 26.8 cm³/mol. The Bertz CT molecular complexity index is 143. The first-order chi connectivity index (χ1) is 3.30. The third-order valence-electron chi connectivity index (χ3n) is 0.986. The number of imidazole rings is 1. The standard InChI is InChI=1S/C5H7N2.Y/c1-5-3-6-4-7(5)2;/h4H,1-2H3;/q-1;+3. The van der Waals surface area contributed by atoms with Crippen LogP contribution in [0, 0.1) is 13.1 Å². The van der Waals surface area contributed by atoms with E-state index in [2.05, 4.69) is 11.2 Å². The zero-order valence-corrected chi connectivity index (χ0v) is 7.89. The van der Waals surface area contributed by atoms with Gasteiger partial charge in [0.2, 0.25) is 0 Å². The fraction of sp³-hybridized carbons (Fsp3) is 0.400. The topological polar surface area (TPSA) is 17.8 Å². The summed E-state index contributed by atoms with van der Waals surface area (Å²) in [6.45, 7) is 1.97. The van der Waals surface area contributed by atoms with Gasteiger partial charge in [-0.15, -0.1) is 6.20 Å². The first-order valence-electron chi connectivity index (χ1n) is 2.16.